The van der Waals surface area contributed by atoms with Crippen LogP contribution in [0.3, 0.4) is 0 Å². The molecular formula is C15H26N4. The van der Waals surface area contributed by atoms with Crippen LogP contribution < -0.4 is 5.73 Å². The lowest BCUT2D eigenvalue weighted by Crippen LogP contribution is -2.37. The molecule has 1 aromatic rings. The third-order valence-corrected chi connectivity index (χ3v) is 4.45. The lowest BCUT2D eigenvalue weighted by Gasteiger charge is -2.31. The summed E-state index contributed by atoms with van der Waals surface area (Å²) in [6.07, 6.45) is 7.78. The number of nitrogens with zero attached hydrogens (tertiary/aromatic N) is 3. The van der Waals surface area contributed by atoms with Crippen molar-refractivity contribution in [2.75, 3.05) is 19.6 Å². The molecule has 106 valence electrons. The maximum absolute atomic E-state index is 6.10. The van der Waals surface area contributed by atoms with Crippen molar-refractivity contribution >= 4 is 0 Å². The molecule has 2 saturated carbocycles. The van der Waals surface area contributed by atoms with Crippen molar-refractivity contribution in [3.8, 4) is 0 Å². The van der Waals surface area contributed by atoms with Gasteiger partial charge in [-0.05, 0) is 44.4 Å². The van der Waals surface area contributed by atoms with Gasteiger partial charge in [-0.1, -0.05) is 0 Å². The first-order valence-electron chi connectivity index (χ1n) is 7.61. The predicted molar refractivity (Wildman–Crippen MR) is 76.8 cm³/mol. The second-order valence-corrected chi connectivity index (χ2v) is 6.44. The Labute approximate surface area is 116 Å². The summed E-state index contributed by atoms with van der Waals surface area (Å²) in [7, 11) is 2.00. The van der Waals surface area contributed by atoms with E-state index in [0.29, 0.717) is 12.6 Å². The van der Waals surface area contributed by atoms with E-state index in [-0.39, 0.29) is 0 Å². The van der Waals surface area contributed by atoms with Crippen LogP contribution in [0.5, 0.6) is 0 Å². The van der Waals surface area contributed by atoms with Crippen LogP contribution in [0.1, 0.15) is 43.0 Å². The smallest absolute Gasteiger partial charge is 0.0641 e. The van der Waals surface area contributed by atoms with Gasteiger partial charge in [0, 0.05) is 38.4 Å². The molecule has 1 atom stereocenters. The molecule has 4 nitrogen and oxygen atoms in total. The number of nitrogens with two attached hydrogens (primary N) is 1. The summed E-state index contributed by atoms with van der Waals surface area (Å²) in [6.45, 7) is 5.26. The highest BCUT2D eigenvalue weighted by Gasteiger charge is 2.33. The molecular weight excluding hydrogens is 236 g/mol. The van der Waals surface area contributed by atoms with Gasteiger partial charge < -0.3 is 5.73 Å². The third kappa shape index (κ3) is 3.18. The number of hydrogen-bond donors (Lipinski definition) is 1. The van der Waals surface area contributed by atoms with Gasteiger partial charge in [-0.3, -0.25) is 9.58 Å². The van der Waals surface area contributed by atoms with Crippen molar-refractivity contribution in [3.05, 3.63) is 17.5 Å². The van der Waals surface area contributed by atoms with Crippen LogP contribution in [0.4, 0.5) is 0 Å². The highest BCUT2D eigenvalue weighted by atomic mass is 15.3. The lowest BCUT2D eigenvalue weighted by molar-refractivity contribution is 0.184. The molecule has 1 heterocycles. The van der Waals surface area contributed by atoms with Gasteiger partial charge in [0.15, 0.2) is 0 Å². The van der Waals surface area contributed by atoms with Crippen molar-refractivity contribution in [2.24, 2.45) is 24.6 Å². The molecule has 0 aromatic carbocycles. The van der Waals surface area contributed by atoms with E-state index in [1.54, 1.807) is 0 Å². The average molecular weight is 262 g/mol. The number of hydrogen-bond acceptors (Lipinski definition) is 3. The standard InChI is InChI=1S/C15H26N4/c1-11-14(10-18(2)17-11)15(7-16)19(8-12-3-4-12)9-13-5-6-13/h10,12-13,15H,3-9,16H2,1-2H3. The quantitative estimate of drug-likeness (QED) is 0.816. The Morgan fingerprint density at radius 1 is 1.32 bits per heavy atom. The minimum Gasteiger partial charge on any atom is -0.329 e. The van der Waals surface area contributed by atoms with Gasteiger partial charge in [0.25, 0.3) is 0 Å². The number of aryl methyl sites for hydroxylation is 2. The van der Waals surface area contributed by atoms with Crippen LogP contribution in [0, 0.1) is 18.8 Å². The van der Waals surface area contributed by atoms with Crippen molar-refractivity contribution in [2.45, 2.75) is 38.6 Å². The van der Waals surface area contributed by atoms with Gasteiger partial charge in [0.05, 0.1) is 11.7 Å². The first-order chi connectivity index (χ1) is 9.17. The molecule has 0 radical (unpaired) electrons. The lowest BCUT2D eigenvalue weighted by atomic mass is 10.1. The van der Waals surface area contributed by atoms with E-state index in [0.717, 1.165) is 17.5 Å². The highest BCUT2D eigenvalue weighted by Crippen LogP contribution is 2.37. The molecule has 2 N–H and O–H groups in total. The summed E-state index contributed by atoms with van der Waals surface area (Å²) in [6, 6.07) is 0.356. The molecule has 0 amide bonds. The molecule has 1 unspecified atom stereocenters. The molecule has 19 heavy (non-hydrogen) atoms. The molecule has 0 spiro atoms. The van der Waals surface area contributed by atoms with Crippen LogP contribution in [-0.2, 0) is 7.05 Å². The Morgan fingerprint density at radius 3 is 2.26 bits per heavy atom. The zero-order valence-corrected chi connectivity index (χ0v) is 12.2. The van der Waals surface area contributed by atoms with E-state index >= 15 is 0 Å². The fourth-order valence-corrected chi connectivity index (χ4v) is 3.01. The first kappa shape index (κ1) is 13.1. The van der Waals surface area contributed by atoms with Gasteiger partial charge in [-0.2, -0.15) is 5.10 Å². The van der Waals surface area contributed by atoms with E-state index in [1.165, 1.54) is 44.3 Å². The van der Waals surface area contributed by atoms with Gasteiger partial charge >= 0.3 is 0 Å². The van der Waals surface area contributed by atoms with Gasteiger partial charge in [-0.15, -0.1) is 0 Å². The van der Waals surface area contributed by atoms with E-state index in [2.05, 4.69) is 23.1 Å². The summed E-state index contributed by atoms with van der Waals surface area (Å²) in [5.74, 6) is 1.84. The van der Waals surface area contributed by atoms with E-state index < -0.39 is 0 Å². The van der Waals surface area contributed by atoms with Gasteiger partial charge in [0.1, 0.15) is 0 Å². The SMILES string of the molecule is Cc1nn(C)cc1C(CN)N(CC1CC1)CC1CC1. The van der Waals surface area contributed by atoms with Crippen molar-refractivity contribution in [1.82, 2.24) is 14.7 Å². The monoisotopic (exact) mass is 262 g/mol. The Bertz CT molecular complexity index is 417. The molecule has 4 heteroatoms. The first-order valence-corrected chi connectivity index (χ1v) is 7.61. The predicted octanol–water partition coefficient (Wildman–Crippen LogP) is 1.85. The highest BCUT2D eigenvalue weighted by molar-refractivity contribution is 5.21. The second-order valence-electron chi connectivity index (χ2n) is 6.44. The van der Waals surface area contributed by atoms with Crippen LogP contribution in [-0.4, -0.2) is 34.3 Å². The summed E-state index contributed by atoms with van der Waals surface area (Å²) >= 11 is 0. The normalized spacial score (nSPS) is 21.1. The maximum atomic E-state index is 6.10. The largest absolute Gasteiger partial charge is 0.329 e. The Kier molecular flexibility index (Phi) is 3.63. The maximum Gasteiger partial charge on any atom is 0.0641 e. The molecule has 0 bridgehead atoms. The third-order valence-electron chi connectivity index (χ3n) is 4.45. The minimum atomic E-state index is 0.356. The fraction of sp³-hybridized carbons (Fsp3) is 0.800. The zero-order chi connectivity index (χ0) is 13.4. The zero-order valence-electron chi connectivity index (χ0n) is 12.2. The fourth-order valence-electron chi connectivity index (χ4n) is 3.01. The molecule has 2 aliphatic rings. The Balaban J connectivity index is 1.77. The molecule has 0 saturated heterocycles. The van der Waals surface area contributed by atoms with E-state index in [1.807, 2.05) is 11.7 Å². The van der Waals surface area contributed by atoms with Crippen LogP contribution >= 0.6 is 0 Å². The van der Waals surface area contributed by atoms with Gasteiger partial charge in [-0.25, -0.2) is 0 Å². The molecule has 1 aromatic heterocycles. The van der Waals surface area contributed by atoms with Crippen LogP contribution in [0.2, 0.25) is 0 Å². The van der Waals surface area contributed by atoms with E-state index in [4.69, 9.17) is 5.73 Å². The van der Waals surface area contributed by atoms with Crippen molar-refractivity contribution in [3.63, 3.8) is 0 Å². The Morgan fingerprint density at radius 2 is 1.89 bits per heavy atom. The van der Waals surface area contributed by atoms with Gasteiger partial charge in [0.2, 0.25) is 0 Å². The summed E-state index contributed by atoms with van der Waals surface area (Å²) in [5, 5.41) is 4.49. The van der Waals surface area contributed by atoms with Crippen molar-refractivity contribution in [1.29, 1.82) is 0 Å². The van der Waals surface area contributed by atoms with Crippen LogP contribution in [0.15, 0.2) is 6.20 Å². The summed E-state index contributed by atoms with van der Waals surface area (Å²) in [5.41, 5.74) is 8.56. The van der Waals surface area contributed by atoms with Crippen molar-refractivity contribution < 1.29 is 0 Å². The Hall–Kier alpha value is -0.870. The molecule has 2 aliphatic carbocycles. The van der Waals surface area contributed by atoms with Crippen LogP contribution in [0.25, 0.3) is 0 Å². The topological polar surface area (TPSA) is 47.1 Å². The minimum absolute atomic E-state index is 0.356. The average Bonchev–Trinajstić information content (AvgIpc) is 3.25. The number of aromatic nitrogens is 2. The summed E-state index contributed by atoms with van der Waals surface area (Å²) in [4.78, 5) is 2.64. The molecule has 2 fully saturated rings. The number of rotatable bonds is 7. The molecule has 3 rings (SSSR count). The summed E-state index contributed by atoms with van der Waals surface area (Å²) < 4.78 is 1.92. The molecule has 0 aliphatic heterocycles. The van der Waals surface area contributed by atoms with E-state index in [9.17, 15) is 0 Å². The second kappa shape index (κ2) is 5.25.